The summed E-state index contributed by atoms with van der Waals surface area (Å²) in [4.78, 5) is 17.4. The van der Waals surface area contributed by atoms with E-state index in [4.69, 9.17) is 0 Å². The molecular formula is C12H17N3O. The van der Waals surface area contributed by atoms with Crippen molar-refractivity contribution in [1.82, 2.24) is 15.2 Å². The smallest absolute Gasteiger partial charge is 0.316 e. The number of pyridine rings is 1. The van der Waals surface area contributed by atoms with Gasteiger partial charge in [-0.2, -0.15) is 0 Å². The lowest BCUT2D eigenvalue weighted by Crippen LogP contribution is -2.39. The summed E-state index contributed by atoms with van der Waals surface area (Å²) in [6.45, 7) is 0.682. The summed E-state index contributed by atoms with van der Waals surface area (Å²) in [5.41, 5.74) is 1.18. The Balaban J connectivity index is 1.97. The van der Waals surface area contributed by atoms with Gasteiger partial charge in [0.1, 0.15) is 0 Å². The van der Waals surface area contributed by atoms with Gasteiger partial charge < -0.3 is 10.2 Å². The van der Waals surface area contributed by atoms with Gasteiger partial charge in [0, 0.05) is 37.9 Å². The molecule has 0 unspecified atom stereocenters. The average Bonchev–Trinajstić information content (AvgIpc) is 3.08. The molecule has 1 aromatic rings. The van der Waals surface area contributed by atoms with Gasteiger partial charge in [0.25, 0.3) is 0 Å². The van der Waals surface area contributed by atoms with E-state index in [0.717, 1.165) is 18.5 Å². The number of aromatic nitrogens is 1. The van der Waals surface area contributed by atoms with Crippen LogP contribution in [0.5, 0.6) is 0 Å². The Labute approximate surface area is 95.7 Å². The fraction of sp³-hybridized carbons (Fsp3) is 0.500. The fourth-order valence-corrected chi connectivity index (χ4v) is 1.75. The molecule has 0 spiro atoms. The van der Waals surface area contributed by atoms with E-state index in [0.29, 0.717) is 6.54 Å². The van der Waals surface area contributed by atoms with Gasteiger partial charge in [-0.05, 0) is 25.0 Å². The zero-order chi connectivity index (χ0) is 11.6. The monoisotopic (exact) mass is 219 g/mol. The lowest BCUT2D eigenvalue weighted by Gasteiger charge is -2.18. The van der Waals surface area contributed by atoms with Crippen molar-refractivity contribution in [2.75, 3.05) is 20.6 Å². The van der Waals surface area contributed by atoms with Crippen LogP contribution in [0.3, 0.4) is 0 Å². The van der Waals surface area contributed by atoms with E-state index in [1.165, 1.54) is 0 Å². The second-order valence-corrected chi connectivity index (χ2v) is 4.55. The predicted octanol–water partition coefficient (Wildman–Crippen LogP) is 1.38. The molecule has 0 atom stereocenters. The summed E-state index contributed by atoms with van der Waals surface area (Å²) in [5.74, 6) is 0. The predicted molar refractivity (Wildman–Crippen MR) is 62.2 cm³/mol. The Morgan fingerprint density at radius 3 is 2.75 bits per heavy atom. The van der Waals surface area contributed by atoms with Crippen molar-refractivity contribution >= 4 is 6.03 Å². The highest BCUT2D eigenvalue weighted by Crippen LogP contribution is 2.46. The number of amides is 2. The van der Waals surface area contributed by atoms with Gasteiger partial charge in [-0.3, -0.25) is 4.98 Å². The topological polar surface area (TPSA) is 45.2 Å². The van der Waals surface area contributed by atoms with Crippen molar-refractivity contribution in [3.63, 3.8) is 0 Å². The quantitative estimate of drug-likeness (QED) is 0.834. The van der Waals surface area contributed by atoms with Crippen molar-refractivity contribution in [2.45, 2.75) is 18.3 Å². The molecule has 86 valence electrons. The average molecular weight is 219 g/mol. The molecule has 1 fully saturated rings. The molecule has 0 bridgehead atoms. The third kappa shape index (κ3) is 2.15. The number of hydrogen-bond acceptors (Lipinski definition) is 2. The number of rotatable bonds is 3. The summed E-state index contributed by atoms with van der Waals surface area (Å²) >= 11 is 0. The molecule has 1 aliphatic carbocycles. The molecule has 0 saturated heterocycles. The Kier molecular flexibility index (Phi) is 2.81. The molecule has 0 radical (unpaired) electrons. The van der Waals surface area contributed by atoms with Crippen molar-refractivity contribution in [3.8, 4) is 0 Å². The number of carbonyl (C=O) groups is 1. The minimum Gasteiger partial charge on any atom is -0.337 e. The van der Waals surface area contributed by atoms with Gasteiger partial charge in [-0.1, -0.05) is 6.07 Å². The van der Waals surface area contributed by atoms with Gasteiger partial charge in [0.05, 0.1) is 0 Å². The molecule has 4 nitrogen and oxygen atoms in total. The molecule has 16 heavy (non-hydrogen) atoms. The maximum absolute atomic E-state index is 11.4. The van der Waals surface area contributed by atoms with Crippen molar-refractivity contribution in [3.05, 3.63) is 30.1 Å². The SMILES string of the molecule is CN(C)C(=O)NCC1(c2ccccn2)CC1. The molecule has 1 N–H and O–H groups in total. The standard InChI is InChI=1S/C12H17N3O/c1-15(2)11(16)14-9-12(6-7-12)10-5-3-4-8-13-10/h3-5,8H,6-7,9H2,1-2H3,(H,14,16). The first-order valence-corrected chi connectivity index (χ1v) is 5.51. The van der Waals surface area contributed by atoms with E-state index in [1.807, 2.05) is 24.4 Å². The van der Waals surface area contributed by atoms with Crippen molar-refractivity contribution in [2.24, 2.45) is 0 Å². The molecule has 2 rings (SSSR count). The van der Waals surface area contributed by atoms with Crippen LogP contribution in [0, 0.1) is 0 Å². The van der Waals surface area contributed by atoms with Crippen LogP contribution in [0.2, 0.25) is 0 Å². The van der Waals surface area contributed by atoms with Crippen LogP contribution in [0.15, 0.2) is 24.4 Å². The molecule has 1 aliphatic rings. The lowest BCUT2D eigenvalue weighted by molar-refractivity contribution is 0.216. The normalized spacial score (nSPS) is 16.6. The number of nitrogens with zero attached hydrogens (tertiary/aromatic N) is 2. The second kappa shape index (κ2) is 4.12. The fourth-order valence-electron chi connectivity index (χ4n) is 1.75. The van der Waals surface area contributed by atoms with Crippen LogP contribution in [-0.4, -0.2) is 36.6 Å². The maximum Gasteiger partial charge on any atom is 0.316 e. The van der Waals surface area contributed by atoms with Gasteiger partial charge in [-0.15, -0.1) is 0 Å². The van der Waals surface area contributed by atoms with Crippen LogP contribution < -0.4 is 5.32 Å². The minimum atomic E-state index is -0.0396. The second-order valence-electron chi connectivity index (χ2n) is 4.55. The number of hydrogen-bond donors (Lipinski definition) is 1. The minimum absolute atomic E-state index is 0.0396. The first-order valence-electron chi connectivity index (χ1n) is 5.51. The summed E-state index contributed by atoms with van der Waals surface area (Å²) in [6.07, 6.45) is 4.03. The number of carbonyl (C=O) groups excluding carboxylic acids is 1. The highest BCUT2D eigenvalue weighted by atomic mass is 16.2. The third-order valence-electron chi connectivity index (χ3n) is 3.05. The maximum atomic E-state index is 11.4. The van der Waals surface area contributed by atoms with Gasteiger partial charge in [0.15, 0.2) is 0 Å². The number of urea groups is 1. The summed E-state index contributed by atoms with van der Waals surface area (Å²) in [5, 5.41) is 2.93. The van der Waals surface area contributed by atoms with Crippen LogP contribution in [-0.2, 0) is 5.41 Å². The van der Waals surface area contributed by atoms with E-state index < -0.39 is 0 Å². The molecule has 1 saturated carbocycles. The first-order chi connectivity index (χ1) is 7.64. The first kappa shape index (κ1) is 10.9. The largest absolute Gasteiger partial charge is 0.337 e. The van der Waals surface area contributed by atoms with Gasteiger partial charge in [0.2, 0.25) is 0 Å². The van der Waals surface area contributed by atoms with E-state index in [9.17, 15) is 4.79 Å². The lowest BCUT2D eigenvalue weighted by atomic mass is 10.0. The van der Waals surface area contributed by atoms with Crippen LogP contribution >= 0.6 is 0 Å². The zero-order valence-corrected chi connectivity index (χ0v) is 9.73. The van der Waals surface area contributed by atoms with Crippen LogP contribution in [0.4, 0.5) is 4.79 Å². The molecule has 1 aromatic heterocycles. The Hall–Kier alpha value is -1.58. The molecule has 1 heterocycles. The molecule has 4 heteroatoms. The summed E-state index contributed by atoms with van der Waals surface area (Å²) in [6, 6.07) is 5.91. The van der Waals surface area contributed by atoms with E-state index in [1.54, 1.807) is 19.0 Å². The Bertz CT molecular complexity index is 371. The van der Waals surface area contributed by atoms with Crippen LogP contribution in [0.25, 0.3) is 0 Å². The Morgan fingerprint density at radius 2 is 2.25 bits per heavy atom. The van der Waals surface area contributed by atoms with E-state index in [2.05, 4.69) is 10.3 Å². The molecule has 2 amide bonds. The molecule has 0 aromatic carbocycles. The van der Waals surface area contributed by atoms with E-state index >= 15 is 0 Å². The molecule has 0 aliphatic heterocycles. The van der Waals surface area contributed by atoms with Crippen LogP contribution in [0.1, 0.15) is 18.5 Å². The van der Waals surface area contributed by atoms with Crippen molar-refractivity contribution in [1.29, 1.82) is 0 Å². The summed E-state index contributed by atoms with van der Waals surface area (Å²) < 4.78 is 0. The van der Waals surface area contributed by atoms with Gasteiger partial charge in [-0.25, -0.2) is 4.79 Å². The zero-order valence-electron chi connectivity index (χ0n) is 9.73. The van der Waals surface area contributed by atoms with Crippen molar-refractivity contribution < 1.29 is 4.79 Å². The Morgan fingerprint density at radius 1 is 1.50 bits per heavy atom. The van der Waals surface area contributed by atoms with Gasteiger partial charge >= 0.3 is 6.03 Å². The highest BCUT2D eigenvalue weighted by molar-refractivity contribution is 5.73. The molecular weight excluding hydrogens is 202 g/mol. The highest BCUT2D eigenvalue weighted by Gasteiger charge is 2.45. The third-order valence-corrected chi connectivity index (χ3v) is 3.05. The number of nitrogens with one attached hydrogen (secondary N) is 1. The summed E-state index contributed by atoms with van der Waals surface area (Å²) in [7, 11) is 3.49. The van der Waals surface area contributed by atoms with E-state index in [-0.39, 0.29) is 11.4 Å².